The summed E-state index contributed by atoms with van der Waals surface area (Å²) in [6.07, 6.45) is 0. The van der Waals surface area contributed by atoms with Crippen molar-refractivity contribution in [1.82, 2.24) is 0 Å². The van der Waals surface area contributed by atoms with Crippen molar-refractivity contribution in [2.24, 2.45) is 5.92 Å². The molecule has 0 N–H and O–H groups in total. The van der Waals surface area contributed by atoms with Crippen molar-refractivity contribution < 1.29 is 23.9 Å². The molecule has 2 aliphatic rings. The fourth-order valence-corrected chi connectivity index (χ4v) is 7.11. The SMILES string of the molecule is CCOC(=O)[C@H]1[C@H](C(=O)OC)[C@@]2(C(=O)N(Cc3ccccc3)c3ccccc32)[C@H](c2ccccc2Cl)N1c1ccccc1. The molecule has 4 aromatic carbocycles. The maximum atomic E-state index is 15.3. The van der Waals surface area contributed by atoms with E-state index in [1.54, 1.807) is 17.9 Å². The molecule has 0 radical (unpaired) electrons. The Morgan fingerprint density at radius 3 is 2.14 bits per heavy atom. The first kappa shape index (κ1) is 28.5. The van der Waals surface area contributed by atoms with Crippen LogP contribution in [0.2, 0.25) is 5.02 Å². The second kappa shape index (κ2) is 11.6. The van der Waals surface area contributed by atoms with Gasteiger partial charge in [-0.1, -0.05) is 96.5 Å². The van der Waals surface area contributed by atoms with Gasteiger partial charge in [0.15, 0.2) is 0 Å². The number of halogens is 1. The number of rotatable bonds is 7. The van der Waals surface area contributed by atoms with Crippen LogP contribution in [0.25, 0.3) is 0 Å². The number of ether oxygens (including phenoxy) is 2. The largest absolute Gasteiger partial charge is 0.469 e. The minimum absolute atomic E-state index is 0.0975. The van der Waals surface area contributed by atoms with Gasteiger partial charge < -0.3 is 19.3 Å². The average Bonchev–Trinajstić information content (AvgIpc) is 3.48. The summed E-state index contributed by atoms with van der Waals surface area (Å²) in [6, 6.07) is 31.6. The molecule has 1 fully saturated rings. The lowest BCUT2D eigenvalue weighted by Crippen LogP contribution is -2.51. The third-order valence-corrected chi connectivity index (χ3v) is 8.82. The number of para-hydroxylation sites is 2. The Labute approximate surface area is 255 Å². The number of carbonyl (C=O) groups excluding carboxylic acids is 3. The highest BCUT2D eigenvalue weighted by Crippen LogP contribution is 2.63. The molecule has 1 spiro atoms. The van der Waals surface area contributed by atoms with Crippen molar-refractivity contribution in [2.45, 2.75) is 31.0 Å². The average molecular weight is 595 g/mol. The predicted molar refractivity (Wildman–Crippen MR) is 165 cm³/mol. The van der Waals surface area contributed by atoms with Gasteiger partial charge in [0.25, 0.3) is 0 Å². The van der Waals surface area contributed by atoms with Crippen LogP contribution in [-0.4, -0.2) is 37.6 Å². The van der Waals surface area contributed by atoms with Crippen LogP contribution < -0.4 is 9.80 Å². The molecule has 2 heterocycles. The number of hydrogen-bond donors (Lipinski definition) is 0. The van der Waals surface area contributed by atoms with Crippen molar-refractivity contribution in [3.8, 4) is 0 Å². The second-order valence-electron chi connectivity index (χ2n) is 10.6. The van der Waals surface area contributed by atoms with E-state index < -0.39 is 35.4 Å². The number of esters is 2. The van der Waals surface area contributed by atoms with Crippen LogP contribution in [0.4, 0.5) is 11.4 Å². The van der Waals surface area contributed by atoms with E-state index in [9.17, 15) is 9.59 Å². The molecule has 1 saturated heterocycles. The van der Waals surface area contributed by atoms with Gasteiger partial charge in [-0.2, -0.15) is 0 Å². The Bertz CT molecular complexity index is 1660. The number of anilines is 2. The number of hydrogen-bond acceptors (Lipinski definition) is 6. The van der Waals surface area contributed by atoms with Crippen LogP contribution in [0, 0.1) is 5.92 Å². The van der Waals surface area contributed by atoms with Gasteiger partial charge in [0.1, 0.15) is 17.4 Å². The van der Waals surface area contributed by atoms with E-state index in [0.717, 1.165) is 5.56 Å². The number of carbonyl (C=O) groups is 3. The van der Waals surface area contributed by atoms with Gasteiger partial charge in [-0.25, -0.2) is 4.79 Å². The van der Waals surface area contributed by atoms with Gasteiger partial charge >= 0.3 is 11.9 Å². The molecule has 0 unspecified atom stereocenters. The smallest absolute Gasteiger partial charge is 0.329 e. The number of amides is 1. The quantitative estimate of drug-likeness (QED) is 0.240. The summed E-state index contributed by atoms with van der Waals surface area (Å²) in [6.45, 7) is 2.09. The van der Waals surface area contributed by atoms with Gasteiger partial charge in [0, 0.05) is 16.4 Å². The molecule has 4 aromatic rings. The summed E-state index contributed by atoms with van der Waals surface area (Å²) in [5.74, 6) is -2.88. The molecule has 6 rings (SSSR count). The van der Waals surface area contributed by atoms with Crippen LogP contribution in [0.15, 0.2) is 109 Å². The van der Waals surface area contributed by atoms with E-state index in [0.29, 0.717) is 27.5 Å². The summed E-state index contributed by atoms with van der Waals surface area (Å²) in [7, 11) is 1.28. The Kier molecular flexibility index (Phi) is 7.67. The fourth-order valence-electron chi connectivity index (χ4n) is 6.88. The number of methoxy groups -OCH3 is 1. The van der Waals surface area contributed by atoms with Gasteiger partial charge in [0.05, 0.1) is 26.3 Å². The zero-order chi connectivity index (χ0) is 30.1. The highest BCUT2D eigenvalue weighted by molar-refractivity contribution is 6.31. The molecule has 8 heteroatoms. The van der Waals surface area contributed by atoms with Crippen molar-refractivity contribution in [3.63, 3.8) is 0 Å². The van der Waals surface area contributed by atoms with E-state index in [1.165, 1.54) is 7.11 Å². The van der Waals surface area contributed by atoms with E-state index in [4.69, 9.17) is 21.1 Å². The minimum atomic E-state index is -1.59. The molecule has 0 aliphatic carbocycles. The van der Waals surface area contributed by atoms with Gasteiger partial charge in [-0.3, -0.25) is 9.59 Å². The predicted octanol–water partition coefficient (Wildman–Crippen LogP) is 6.11. The highest BCUT2D eigenvalue weighted by atomic mass is 35.5. The van der Waals surface area contributed by atoms with Crippen LogP contribution in [-0.2, 0) is 35.8 Å². The van der Waals surface area contributed by atoms with Gasteiger partial charge in [-0.05, 0) is 47.9 Å². The van der Waals surface area contributed by atoms with Crippen molar-refractivity contribution in [3.05, 3.63) is 131 Å². The fraction of sp³-hybridized carbons (Fsp3) is 0.229. The van der Waals surface area contributed by atoms with Crippen molar-refractivity contribution in [2.75, 3.05) is 23.5 Å². The number of benzene rings is 4. The standard InChI is InChI=1S/C35H31ClN2O5/c1-3-43-33(40)30-29(32(39)42-2)35(31(25-18-10-12-20-27(25)36)38(30)24-16-8-5-9-17-24)26-19-11-13-21-28(26)37(34(35)41)22-23-14-6-4-7-15-23/h4-21,29-31H,3,22H2,1-2H3/t29-,30-,31+,35-/m1/s1. The van der Waals surface area contributed by atoms with Gasteiger partial charge in [0.2, 0.25) is 5.91 Å². The first-order valence-corrected chi connectivity index (χ1v) is 14.6. The molecule has 2 aliphatic heterocycles. The van der Waals surface area contributed by atoms with E-state index >= 15 is 4.79 Å². The second-order valence-corrected chi connectivity index (χ2v) is 11.0. The summed E-state index contributed by atoms with van der Waals surface area (Å²) >= 11 is 6.93. The summed E-state index contributed by atoms with van der Waals surface area (Å²) in [4.78, 5) is 47.0. The molecular weight excluding hydrogens is 564 g/mol. The molecule has 218 valence electrons. The van der Waals surface area contributed by atoms with Crippen LogP contribution in [0.3, 0.4) is 0 Å². The molecule has 0 saturated carbocycles. The first-order chi connectivity index (χ1) is 20.9. The van der Waals surface area contributed by atoms with Crippen LogP contribution in [0.5, 0.6) is 0 Å². The topological polar surface area (TPSA) is 76.2 Å². The van der Waals surface area contributed by atoms with Crippen LogP contribution in [0.1, 0.15) is 29.7 Å². The Balaban J connectivity index is 1.70. The lowest BCUT2D eigenvalue weighted by Gasteiger charge is -2.37. The zero-order valence-corrected chi connectivity index (χ0v) is 24.6. The van der Waals surface area contributed by atoms with E-state index in [1.807, 2.05) is 108 Å². The minimum Gasteiger partial charge on any atom is -0.469 e. The van der Waals surface area contributed by atoms with Crippen molar-refractivity contribution >= 4 is 40.8 Å². The monoisotopic (exact) mass is 594 g/mol. The normalized spacial score (nSPS) is 22.5. The summed E-state index contributed by atoms with van der Waals surface area (Å²) in [5, 5.41) is 0.410. The lowest BCUT2D eigenvalue weighted by atomic mass is 9.65. The third kappa shape index (κ3) is 4.46. The third-order valence-electron chi connectivity index (χ3n) is 8.48. The van der Waals surface area contributed by atoms with Gasteiger partial charge in [-0.15, -0.1) is 0 Å². The maximum absolute atomic E-state index is 15.3. The van der Waals surface area contributed by atoms with Crippen molar-refractivity contribution in [1.29, 1.82) is 0 Å². The Hall–Kier alpha value is -4.62. The molecule has 0 bridgehead atoms. The molecule has 43 heavy (non-hydrogen) atoms. The lowest BCUT2D eigenvalue weighted by molar-refractivity contribution is -0.157. The molecule has 0 aromatic heterocycles. The van der Waals surface area contributed by atoms with E-state index in [2.05, 4.69) is 0 Å². The Morgan fingerprint density at radius 1 is 0.837 bits per heavy atom. The van der Waals surface area contributed by atoms with Crippen LogP contribution >= 0.6 is 11.6 Å². The maximum Gasteiger partial charge on any atom is 0.329 e. The molecule has 1 amide bonds. The number of nitrogens with zero attached hydrogens (tertiary/aromatic N) is 2. The summed E-state index contributed by atoms with van der Waals surface area (Å²) in [5.41, 5.74) is 1.88. The first-order valence-electron chi connectivity index (χ1n) is 14.2. The highest BCUT2D eigenvalue weighted by Gasteiger charge is 2.73. The summed E-state index contributed by atoms with van der Waals surface area (Å²) < 4.78 is 11.0. The molecular formula is C35H31ClN2O5. The zero-order valence-electron chi connectivity index (χ0n) is 23.9. The molecule has 7 nitrogen and oxygen atoms in total. The number of fused-ring (bicyclic) bond motifs is 2. The molecule has 4 atom stereocenters. The van der Waals surface area contributed by atoms with E-state index in [-0.39, 0.29) is 19.1 Å². The Morgan fingerprint density at radius 2 is 1.47 bits per heavy atom.